The molecule has 1 saturated carbocycles. The summed E-state index contributed by atoms with van der Waals surface area (Å²) >= 11 is 0. The van der Waals surface area contributed by atoms with Gasteiger partial charge in [0.05, 0.1) is 29.9 Å². The fourth-order valence-corrected chi connectivity index (χ4v) is 4.02. The van der Waals surface area contributed by atoms with Crippen molar-refractivity contribution in [3.63, 3.8) is 0 Å². The number of aromatic nitrogens is 5. The second-order valence-electron chi connectivity index (χ2n) is 8.14. The number of nitrogens with one attached hydrogen (secondary N) is 1. The molecule has 5 rings (SSSR count). The summed E-state index contributed by atoms with van der Waals surface area (Å²) in [6.45, 7) is 0. The van der Waals surface area contributed by atoms with Crippen molar-refractivity contribution in [1.82, 2.24) is 24.3 Å². The van der Waals surface area contributed by atoms with Gasteiger partial charge in [-0.2, -0.15) is 13.2 Å². The quantitative estimate of drug-likeness (QED) is 0.454. The zero-order chi connectivity index (χ0) is 24.9. The summed E-state index contributed by atoms with van der Waals surface area (Å²) in [5.74, 6) is -0.848. The largest absolute Gasteiger partial charge is 0.489 e. The zero-order valence-corrected chi connectivity index (χ0v) is 18.6. The Labute approximate surface area is 195 Å². The van der Waals surface area contributed by atoms with E-state index in [0.29, 0.717) is 5.52 Å². The number of amides is 1. The standard InChI is InChI=1S/C22H19F3N6O4/c1-30-18(29-16(17(34-2)21(30)33)20(32)27-12-9-26-35-10-12)19-28-14-7-6-11(22(23,24)25)8-15(14)31(19)13-4-3-5-13/h6-10,13H,3-5H2,1-2H3,(H,27,32). The second-order valence-corrected chi connectivity index (χ2v) is 8.14. The number of ether oxygens (including phenoxy) is 1. The topological polar surface area (TPSA) is 117 Å². The summed E-state index contributed by atoms with van der Waals surface area (Å²) < 4.78 is 52.9. The number of anilines is 1. The minimum atomic E-state index is -4.53. The lowest BCUT2D eigenvalue weighted by atomic mass is 9.92. The molecule has 0 bridgehead atoms. The van der Waals surface area contributed by atoms with Gasteiger partial charge < -0.3 is 19.1 Å². The lowest BCUT2D eigenvalue weighted by Crippen LogP contribution is -2.28. The van der Waals surface area contributed by atoms with Crippen molar-refractivity contribution in [3.8, 4) is 17.4 Å². The highest BCUT2D eigenvalue weighted by Gasteiger charge is 2.33. The van der Waals surface area contributed by atoms with E-state index in [9.17, 15) is 22.8 Å². The Morgan fingerprint density at radius 2 is 2.00 bits per heavy atom. The molecule has 10 nitrogen and oxygen atoms in total. The molecule has 3 aromatic heterocycles. The van der Waals surface area contributed by atoms with Crippen LogP contribution in [-0.4, -0.2) is 37.3 Å². The van der Waals surface area contributed by atoms with Crippen molar-refractivity contribution >= 4 is 22.6 Å². The summed E-state index contributed by atoms with van der Waals surface area (Å²) in [6.07, 6.45) is 0.312. The molecule has 0 saturated heterocycles. The first-order chi connectivity index (χ1) is 16.7. The van der Waals surface area contributed by atoms with Gasteiger partial charge in [0, 0.05) is 13.1 Å². The molecule has 1 fully saturated rings. The summed E-state index contributed by atoms with van der Waals surface area (Å²) in [6, 6.07) is 3.18. The second kappa shape index (κ2) is 8.25. The van der Waals surface area contributed by atoms with Gasteiger partial charge in [0.25, 0.3) is 11.5 Å². The van der Waals surface area contributed by atoms with Crippen molar-refractivity contribution in [2.75, 3.05) is 12.4 Å². The van der Waals surface area contributed by atoms with Crippen molar-refractivity contribution in [2.45, 2.75) is 31.5 Å². The highest BCUT2D eigenvalue weighted by Crippen LogP contribution is 2.40. The molecule has 35 heavy (non-hydrogen) atoms. The number of nitrogens with zero attached hydrogens (tertiary/aromatic N) is 5. The van der Waals surface area contributed by atoms with Crippen LogP contribution in [0.3, 0.4) is 0 Å². The minimum Gasteiger partial charge on any atom is -0.489 e. The highest BCUT2D eigenvalue weighted by molar-refractivity contribution is 6.04. The maximum absolute atomic E-state index is 13.4. The zero-order valence-electron chi connectivity index (χ0n) is 18.6. The van der Waals surface area contributed by atoms with E-state index in [2.05, 4.69) is 20.4 Å². The molecule has 1 amide bonds. The van der Waals surface area contributed by atoms with E-state index in [1.165, 1.54) is 32.7 Å². The molecule has 1 aromatic carbocycles. The Bertz CT molecular complexity index is 1490. The fourth-order valence-electron chi connectivity index (χ4n) is 4.02. The van der Waals surface area contributed by atoms with E-state index in [-0.39, 0.29) is 40.3 Å². The average Bonchev–Trinajstić information content (AvgIpc) is 3.41. The first-order valence-electron chi connectivity index (χ1n) is 10.6. The van der Waals surface area contributed by atoms with Gasteiger partial charge in [0.2, 0.25) is 5.75 Å². The van der Waals surface area contributed by atoms with Gasteiger partial charge in [-0.1, -0.05) is 5.16 Å². The van der Waals surface area contributed by atoms with Crippen LogP contribution in [0, 0.1) is 0 Å². The van der Waals surface area contributed by atoms with Gasteiger partial charge in [0.15, 0.2) is 17.3 Å². The molecule has 0 aliphatic heterocycles. The molecular formula is C22H19F3N6O4. The number of halogens is 3. The van der Waals surface area contributed by atoms with Crippen molar-refractivity contribution in [3.05, 3.63) is 52.3 Å². The number of carbonyl (C=O) groups excluding carboxylic acids is 1. The lowest BCUT2D eigenvalue weighted by molar-refractivity contribution is -0.137. The maximum Gasteiger partial charge on any atom is 0.416 e. The summed E-state index contributed by atoms with van der Waals surface area (Å²) in [5, 5.41) is 6.01. The Balaban J connectivity index is 1.72. The number of hydrogen-bond donors (Lipinski definition) is 1. The van der Waals surface area contributed by atoms with Crippen LogP contribution in [0.25, 0.3) is 22.7 Å². The lowest BCUT2D eigenvalue weighted by Gasteiger charge is -2.29. The Morgan fingerprint density at radius 3 is 2.60 bits per heavy atom. The molecule has 0 unspecified atom stereocenters. The van der Waals surface area contributed by atoms with Crippen LogP contribution in [0.1, 0.15) is 41.4 Å². The third-order valence-corrected chi connectivity index (χ3v) is 6.02. The monoisotopic (exact) mass is 488 g/mol. The molecule has 0 spiro atoms. The number of fused-ring (bicyclic) bond motifs is 1. The maximum atomic E-state index is 13.4. The molecule has 13 heteroatoms. The number of carbonyl (C=O) groups is 1. The Kier molecular flexibility index (Phi) is 5.33. The third-order valence-electron chi connectivity index (χ3n) is 6.02. The van der Waals surface area contributed by atoms with Crippen LogP contribution in [0.2, 0.25) is 0 Å². The number of methoxy groups -OCH3 is 1. The normalized spacial score (nSPS) is 14.2. The van der Waals surface area contributed by atoms with Crippen LogP contribution < -0.4 is 15.6 Å². The smallest absolute Gasteiger partial charge is 0.416 e. The van der Waals surface area contributed by atoms with Crippen LogP contribution in [0.5, 0.6) is 5.75 Å². The van der Waals surface area contributed by atoms with Gasteiger partial charge >= 0.3 is 6.18 Å². The van der Waals surface area contributed by atoms with Gasteiger partial charge in [-0.05, 0) is 37.5 Å². The van der Waals surface area contributed by atoms with E-state index in [1.54, 1.807) is 4.57 Å². The molecule has 3 heterocycles. The van der Waals surface area contributed by atoms with E-state index >= 15 is 0 Å². The minimum absolute atomic E-state index is 0.0166. The first kappa shape index (κ1) is 22.6. The van der Waals surface area contributed by atoms with Gasteiger partial charge in [-0.15, -0.1) is 0 Å². The van der Waals surface area contributed by atoms with E-state index in [1.807, 2.05) is 0 Å². The number of benzene rings is 1. The number of alkyl halides is 3. The number of hydrogen-bond acceptors (Lipinski definition) is 7. The predicted octanol–water partition coefficient (Wildman–Crippen LogP) is 3.79. The molecule has 1 aliphatic carbocycles. The average molecular weight is 488 g/mol. The van der Waals surface area contributed by atoms with Crippen LogP contribution in [-0.2, 0) is 13.2 Å². The van der Waals surface area contributed by atoms with Crippen molar-refractivity contribution in [1.29, 1.82) is 0 Å². The summed E-state index contributed by atoms with van der Waals surface area (Å²) in [7, 11) is 2.66. The molecule has 1 N–H and O–H groups in total. The summed E-state index contributed by atoms with van der Waals surface area (Å²) in [4.78, 5) is 34.9. The summed E-state index contributed by atoms with van der Waals surface area (Å²) in [5.41, 5.74) is -0.934. The van der Waals surface area contributed by atoms with Crippen LogP contribution in [0.4, 0.5) is 18.9 Å². The van der Waals surface area contributed by atoms with Gasteiger partial charge in [0.1, 0.15) is 12.0 Å². The van der Waals surface area contributed by atoms with Gasteiger partial charge in [-0.25, -0.2) is 9.97 Å². The van der Waals surface area contributed by atoms with Crippen LogP contribution >= 0.6 is 0 Å². The number of rotatable bonds is 5. The molecule has 1 aliphatic rings. The van der Waals surface area contributed by atoms with Gasteiger partial charge in [-0.3, -0.25) is 14.2 Å². The third kappa shape index (κ3) is 3.82. The SMILES string of the molecule is COc1c(C(=O)Nc2cnoc2)nc(-c2nc3ccc(C(F)(F)F)cc3n2C2CCC2)n(C)c1=O. The molecule has 0 radical (unpaired) electrons. The van der Waals surface area contributed by atoms with Crippen LogP contribution in [0.15, 0.2) is 40.0 Å². The number of imidazole rings is 1. The van der Waals surface area contributed by atoms with Crippen molar-refractivity contribution in [2.24, 2.45) is 7.05 Å². The fraction of sp³-hybridized carbons (Fsp3) is 0.318. The molecule has 182 valence electrons. The molecular weight excluding hydrogens is 469 g/mol. The van der Waals surface area contributed by atoms with E-state index < -0.39 is 23.2 Å². The van der Waals surface area contributed by atoms with Crippen molar-refractivity contribution < 1.29 is 27.2 Å². The predicted molar refractivity (Wildman–Crippen MR) is 117 cm³/mol. The molecule has 4 aromatic rings. The Morgan fingerprint density at radius 1 is 1.23 bits per heavy atom. The van der Waals surface area contributed by atoms with E-state index in [4.69, 9.17) is 9.26 Å². The van der Waals surface area contributed by atoms with E-state index in [0.717, 1.165) is 36.0 Å². The molecule has 0 atom stereocenters. The Hall–Kier alpha value is -4.16. The first-order valence-corrected chi connectivity index (χ1v) is 10.6. The highest BCUT2D eigenvalue weighted by atomic mass is 19.4.